The maximum absolute atomic E-state index is 12.5. The normalized spacial score (nSPS) is 22.7. The van der Waals surface area contributed by atoms with Crippen molar-refractivity contribution in [2.75, 3.05) is 18.0 Å². The number of fused-ring (bicyclic) bond motifs is 2. The van der Waals surface area contributed by atoms with Gasteiger partial charge in [-0.1, -0.05) is 19.1 Å². The number of nitrogens with one attached hydrogen (secondary N) is 2. The fraction of sp³-hybridized carbons (Fsp3) is 0.333. The van der Waals surface area contributed by atoms with E-state index in [4.69, 9.17) is 4.98 Å². The number of aromatic amines is 1. The molecule has 0 spiro atoms. The summed E-state index contributed by atoms with van der Waals surface area (Å²) in [5, 5.41) is 2.98. The largest absolute Gasteiger partial charge is 0.371 e. The van der Waals surface area contributed by atoms with Crippen LogP contribution in [0, 0.1) is 5.92 Å². The van der Waals surface area contributed by atoms with Crippen LogP contribution in [0.4, 0.5) is 5.69 Å². The number of hydrogen-bond donors (Lipinski definition) is 2. The first-order valence-electron chi connectivity index (χ1n) is 9.36. The predicted molar refractivity (Wildman–Crippen MR) is 104 cm³/mol. The fourth-order valence-corrected chi connectivity index (χ4v) is 4.15. The van der Waals surface area contributed by atoms with Gasteiger partial charge in [0.2, 0.25) is 0 Å². The minimum Gasteiger partial charge on any atom is -0.371 e. The van der Waals surface area contributed by atoms with Gasteiger partial charge in [0.25, 0.3) is 5.91 Å². The van der Waals surface area contributed by atoms with Gasteiger partial charge in [0, 0.05) is 24.5 Å². The highest BCUT2D eigenvalue weighted by Gasteiger charge is 2.30. The van der Waals surface area contributed by atoms with Crippen LogP contribution in [0.3, 0.4) is 0 Å². The molecule has 1 aromatic heterocycles. The minimum atomic E-state index is -0.0609. The molecule has 1 aromatic carbocycles. The van der Waals surface area contributed by atoms with Crippen LogP contribution in [0.5, 0.6) is 0 Å². The van der Waals surface area contributed by atoms with E-state index in [0.717, 1.165) is 54.2 Å². The van der Waals surface area contributed by atoms with Crippen LogP contribution in [0.25, 0.3) is 16.6 Å². The first-order valence-corrected chi connectivity index (χ1v) is 9.36. The van der Waals surface area contributed by atoms with Crippen LogP contribution in [-0.4, -0.2) is 29.0 Å². The second kappa shape index (κ2) is 5.87. The van der Waals surface area contributed by atoms with E-state index < -0.39 is 0 Å². The van der Waals surface area contributed by atoms with Crippen LogP contribution >= 0.6 is 0 Å². The SMILES string of the molecule is CC1CCN(c2ccc3nc(C4=C5CCC=CC=C5NC4=O)[nH]c3c2)C1. The Morgan fingerprint density at radius 2 is 2.23 bits per heavy atom. The molecular weight excluding hydrogens is 324 g/mol. The third kappa shape index (κ3) is 2.46. The third-order valence-electron chi connectivity index (χ3n) is 5.55. The molecule has 1 amide bonds. The van der Waals surface area contributed by atoms with Crippen LogP contribution in [0.15, 0.2) is 47.7 Å². The van der Waals surface area contributed by atoms with E-state index in [9.17, 15) is 4.79 Å². The van der Waals surface area contributed by atoms with Gasteiger partial charge in [0.1, 0.15) is 5.82 Å². The molecule has 5 rings (SSSR count). The Bertz CT molecular complexity index is 995. The maximum atomic E-state index is 12.5. The molecule has 1 saturated heterocycles. The van der Waals surface area contributed by atoms with E-state index in [2.05, 4.69) is 46.4 Å². The van der Waals surface area contributed by atoms with Gasteiger partial charge < -0.3 is 15.2 Å². The first-order chi connectivity index (χ1) is 12.7. The van der Waals surface area contributed by atoms with Crippen LogP contribution in [0.2, 0.25) is 0 Å². The zero-order chi connectivity index (χ0) is 17.7. The van der Waals surface area contributed by atoms with E-state index in [1.807, 2.05) is 12.2 Å². The molecule has 1 fully saturated rings. The summed E-state index contributed by atoms with van der Waals surface area (Å²) in [6.07, 6.45) is 9.14. The Morgan fingerprint density at radius 1 is 1.31 bits per heavy atom. The fourth-order valence-electron chi connectivity index (χ4n) is 4.15. The number of anilines is 1. The Kier molecular flexibility index (Phi) is 3.48. The van der Waals surface area contributed by atoms with Crippen molar-refractivity contribution >= 4 is 28.2 Å². The van der Waals surface area contributed by atoms with Crippen LogP contribution < -0.4 is 10.2 Å². The molecule has 0 bridgehead atoms. The molecule has 26 heavy (non-hydrogen) atoms. The molecule has 2 N–H and O–H groups in total. The number of carbonyl (C=O) groups is 1. The molecule has 3 aliphatic rings. The predicted octanol–water partition coefficient (Wildman–Crippen LogP) is 3.53. The van der Waals surface area contributed by atoms with Crippen LogP contribution in [-0.2, 0) is 4.79 Å². The average Bonchev–Trinajstić information content (AvgIpc) is 3.27. The van der Waals surface area contributed by atoms with Gasteiger partial charge in [0.05, 0.1) is 16.6 Å². The summed E-state index contributed by atoms with van der Waals surface area (Å²) in [7, 11) is 0. The second-order valence-corrected chi connectivity index (χ2v) is 7.48. The molecule has 1 atom stereocenters. The molecule has 1 unspecified atom stereocenters. The molecule has 0 radical (unpaired) electrons. The van der Waals surface area contributed by atoms with Crippen molar-refractivity contribution < 1.29 is 4.79 Å². The number of H-pyrrole nitrogens is 1. The van der Waals surface area contributed by atoms with Gasteiger partial charge in [-0.25, -0.2) is 4.98 Å². The average molecular weight is 346 g/mol. The molecular formula is C21H22N4O. The monoisotopic (exact) mass is 346 g/mol. The molecule has 5 heteroatoms. The van der Waals surface area contributed by atoms with Crippen molar-refractivity contribution in [2.24, 2.45) is 5.92 Å². The van der Waals surface area contributed by atoms with E-state index in [-0.39, 0.29) is 5.91 Å². The standard InChI is InChI=1S/C21H22N4O/c1-13-9-10-25(12-13)14-7-8-17-18(11-14)23-20(22-17)19-15-5-3-2-4-6-16(15)24-21(19)26/h2,4,6-8,11,13H,3,5,9-10,12H2,1H3,(H,22,23)(H,24,26). The number of aromatic nitrogens is 2. The Labute approximate surface area is 152 Å². The van der Waals surface area contributed by atoms with E-state index in [1.54, 1.807) is 0 Å². The Hall–Kier alpha value is -2.82. The van der Waals surface area contributed by atoms with Gasteiger partial charge in [-0.15, -0.1) is 0 Å². The van der Waals surface area contributed by atoms with Crippen LogP contribution in [0.1, 0.15) is 32.0 Å². The first kappa shape index (κ1) is 15.4. The number of nitrogens with zero attached hydrogens (tertiary/aromatic N) is 2. The zero-order valence-corrected chi connectivity index (χ0v) is 14.9. The summed E-state index contributed by atoms with van der Waals surface area (Å²) >= 11 is 0. The van der Waals surface area contributed by atoms with Crippen molar-refractivity contribution in [2.45, 2.75) is 26.2 Å². The van der Waals surface area contributed by atoms with Gasteiger partial charge in [-0.05, 0) is 55.0 Å². The maximum Gasteiger partial charge on any atom is 0.259 e. The van der Waals surface area contributed by atoms with Crippen molar-refractivity contribution in [1.82, 2.24) is 15.3 Å². The third-order valence-corrected chi connectivity index (χ3v) is 5.55. The summed E-state index contributed by atoms with van der Waals surface area (Å²) in [5.74, 6) is 1.35. The Balaban J connectivity index is 1.55. The molecule has 1 aliphatic carbocycles. The van der Waals surface area contributed by atoms with Gasteiger partial charge >= 0.3 is 0 Å². The number of rotatable bonds is 2. The molecule has 0 saturated carbocycles. The number of benzene rings is 1. The highest BCUT2D eigenvalue weighted by atomic mass is 16.2. The lowest BCUT2D eigenvalue weighted by Crippen LogP contribution is -2.18. The number of hydrogen-bond acceptors (Lipinski definition) is 3. The number of carbonyl (C=O) groups excluding carboxylic acids is 1. The van der Waals surface area contributed by atoms with E-state index >= 15 is 0 Å². The lowest BCUT2D eigenvalue weighted by atomic mass is 10.0. The number of allylic oxidation sites excluding steroid dienone is 4. The van der Waals surface area contributed by atoms with Crippen molar-refractivity contribution in [1.29, 1.82) is 0 Å². The summed E-state index contributed by atoms with van der Waals surface area (Å²) in [4.78, 5) is 23.1. The van der Waals surface area contributed by atoms with Crippen molar-refractivity contribution in [3.05, 3.63) is 53.5 Å². The topological polar surface area (TPSA) is 61.0 Å². The highest BCUT2D eigenvalue weighted by Crippen LogP contribution is 2.34. The van der Waals surface area contributed by atoms with Gasteiger partial charge in [0.15, 0.2) is 0 Å². The van der Waals surface area contributed by atoms with Gasteiger partial charge in [-0.3, -0.25) is 4.79 Å². The number of amides is 1. The summed E-state index contributed by atoms with van der Waals surface area (Å²) in [6.45, 7) is 4.50. The van der Waals surface area contributed by atoms with Gasteiger partial charge in [-0.2, -0.15) is 0 Å². The Morgan fingerprint density at radius 3 is 3.08 bits per heavy atom. The second-order valence-electron chi connectivity index (χ2n) is 7.48. The number of imidazole rings is 1. The molecule has 5 nitrogen and oxygen atoms in total. The summed E-state index contributed by atoms with van der Waals surface area (Å²) in [6, 6.07) is 6.35. The van der Waals surface area contributed by atoms with E-state index in [1.165, 1.54) is 12.1 Å². The summed E-state index contributed by atoms with van der Waals surface area (Å²) in [5.41, 5.74) is 5.78. The minimum absolute atomic E-state index is 0.0609. The highest BCUT2D eigenvalue weighted by molar-refractivity contribution is 6.24. The molecule has 2 aromatic rings. The lowest BCUT2D eigenvalue weighted by Gasteiger charge is -2.17. The smallest absolute Gasteiger partial charge is 0.259 e. The van der Waals surface area contributed by atoms with E-state index in [0.29, 0.717) is 11.4 Å². The molecule has 3 heterocycles. The quantitative estimate of drug-likeness (QED) is 0.874. The molecule has 132 valence electrons. The lowest BCUT2D eigenvalue weighted by molar-refractivity contribution is -0.114. The zero-order valence-electron chi connectivity index (χ0n) is 14.9. The van der Waals surface area contributed by atoms with Crippen molar-refractivity contribution in [3.63, 3.8) is 0 Å². The molecule has 2 aliphatic heterocycles. The van der Waals surface area contributed by atoms with Crippen molar-refractivity contribution in [3.8, 4) is 0 Å². The summed E-state index contributed by atoms with van der Waals surface area (Å²) < 4.78 is 0.